The zero-order valence-corrected chi connectivity index (χ0v) is 10.2. The Morgan fingerprint density at radius 2 is 2.29 bits per heavy atom. The first-order chi connectivity index (χ1) is 8.06. The fourth-order valence-electron chi connectivity index (χ4n) is 1.91. The van der Waals surface area contributed by atoms with Gasteiger partial charge >= 0.3 is 0 Å². The Balaban J connectivity index is 2.20. The molecule has 4 nitrogen and oxygen atoms in total. The number of hydrogen-bond donors (Lipinski definition) is 2. The number of carbonyl (C=O) groups is 1. The molecule has 1 unspecified atom stereocenters. The molecule has 0 saturated heterocycles. The Morgan fingerprint density at radius 3 is 3.00 bits per heavy atom. The molecule has 2 rings (SSSR count). The van der Waals surface area contributed by atoms with E-state index in [1.807, 2.05) is 25.1 Å². The standard InChI is InChI=1S/C13H17N3O/c1-8(17)3-5-11(14)10-4-6-12-13(7-10)16-9(2)15-12/h4,6-7,11H,3,5,14H2,1-2H3,(H,15,16). The van der Waals surface area contributed by atoms with Gasteiger partial charge in [-0.1, -0.05) is 6.07 Å². The minimum atomic E-state index is -0.0908. The monoisotopic (exact) mass is 231 g/mol. The Labute approximate surface area is 100 Å². The number of nitrogens with zero attached hydrogens (tertiary/aromatic N) is 1. The highest BCUT2D eigenvalue weighted by molar-refractivity contribution is 5.76. The van der Waals surface area contributed by atoms with Crippen molar-refractivity contribution in [2.75, 3.05) is 0 Å². The fraction of sp³-hybridized carbons (Fsp3) is 0.385. The van der Waals surface area contributed by atoms with Gasteiger partial charge in [-0.2, -0.15) is 0 Å². The van der Waals surface area contributed by atoms with E-state index in [1.165, 1.54) is 0 Å². The molecular formula is C13H17N3O. The first kappa shape index (κ1) is 11.8. The van der Waals surface area contributed by atoms with Crippen molar-refractivity contribution in [3.63, 3.8) is 0 Å². The molecule has 17 heavy (non-hydrogen) atoms. The van der Waals surface area contributed by atoms with Gasteiger partial charge in [-0.05, 0) is 38.0 Å². The van der Waals surface area contributed by atoms with Gasteiger partial charge in [-0.15, -0.1) is 0 Å². The van der Waals surface area contributed by atoms with Crippen LogP contribution in [0.25, 0.3) is 11.0 Å². The van der Waals surface area contributed by atoms with Crippen LogP contribution in [0.5, 0.6) is 0 Å². The first-order valence-electron chi connectivity index (χ1n) is 5.77. The predicted octanol–water partition coefficient (Wildman–Crippen LogP) is 2.24. The lowest BCUT2D eigenvalue weighted by Crippen LogP contribution is -2.11. The van der Waals surface area contributed by atoms with Gasteiger partial charge in [-0.3, -0.25) is 0 Å². The summed E-state index contributed by atoms with van der Waals surface area (Å²) in [5.41, 5.74) is 9.05. The third kappa shape index (κ3) is 2.71. The minimum Gasteiger partial charge on any atom is -0.342 e. The summed E-state index contributed by atoms with van der Waals surface area (Å²) in [7, 11) is 0. The number of ketones is 1. The number of nitrogens with two attached hydrogens (primary N) is 1. The summed E-state index contributed by atoms with van der Waals surface area (Å²) in [6.45, 7) is 3.52. The third-order valence-corrected chi connectivity index (χ3v) is 2.86. The second kappa shape index (κ2) is 4.67. The van der Waals surface area contributed by atoms with Crippen LogP contribution in [0.4, 0.5) is 0 Å². The Bertz CT molecular complexity index is 545. The summed E-state index contributed by atoms with van der Waals surface area (Å²) in [5.74, 6) is 1.08. The smallest absolute Gasteiger partial charge is 0.129 e. The molecule has 0 aliphatic heterocycles. The fourth-order valence-corrected chi connectivity index (χ4v) is 1.91. The SMILES string of the molecule is CC(=O)CCC(N)c1ccc2nc(C)[nH]c2c1. The lowest BCUT2D eigenvalue weighted by atomic mass is 10.0. The molecule has 0 aliphatic carbocycles. The molecule has 0 fully saturated rings. The number of H-pyrrole nitrogens is 1. The Morgan fingerprint density at radius 1 is 1.53 bits per heavy atom. The summed E-state index contributed by atoms with van der Waals surface area (Å²) < 4.78 is 0. The number of benzene rings is 1. The molecule has 0 aliphatic rings. The van der Waals surface area contributed by atoms with Crippen LogP contribution in [0.1, 0.15) is 37.2 Å². The average Bonchev–Trinajstić information content (AvgIpc) is 2.64. The zero-order valence-electron chi connectivity index (χ0n) is 10.2. The summed E-state index contributed by atoms with van der Waals surface area (Å²) >= 11 is 0. The van der Waals surface area contributed by atoms with Crippen molar-refractivity contribution < 1.29 is 4.79 Å². The number of fused-ring (bicyclic) bond motifs is 1. The summed E-state index contributed by atoms with van der Waals surface area (Å²) in [6.07, 6.45) is 1.22. The Kier molecular flexibility index (Phi) is 3.24. The van der Waals surface area contributed by atoms with Crippen molar-refractivity contribution in [3.05, 3.63) is 29.6 Å². The van der Waals surface area contributed by atoms with E-state index in [4.69, 9.17) is 5.73 Å². The quantitative estimate of drug-likeness (QED) is 0.847. The van der Waals surface area contributed by atoms with Gasteiger partial charge in [0.25, 0.3) is 0 Å². The zero-order chi connectivity index (χ0) is 12.4. The van der Waals surface area contributed by atoms with Crippen molar-refractivity contribution in [2.45, 2.75) is 32.7 Å². The lowest BCUT2D eigenvalue weighted by Gasteiger charge is -2.10. The third-order valence-electron chi connectivity index (χ3n) is 2.86. The van der Waals surface area contributed by atoms with Gasteiger partial charge < -0.3 is 15.5 Å². The minimum absolute atomic E-state index is 0.0908. The van der Waals surface area contributed by atoms with Gasteiger partial charge in [-0.25, -0.2) is 4.98 Å². The van der Waals surface area contributed by atoms with Gasteiger partial charge in [0.1, 0.15) is 11.6 Å². The van der Waals surface area contributed by atoms with Crippen molar-refractivity contribution in [2.24, 2.45) is 5.73 Å². The van der Waals surface area contributed by atoms with Crippen LogP contribution in [-0.2, 0) is 4.79 Å². The molecule has 1 atom stereocenters. The maximum Gasteiger partial charge on any atom is 0.129 e. The molecule has 90 valence electrons. The number of nitrogens with one attached hydrogen (secondary N) is 1. The molecule has 2 aromatic rings. The molecule has 0 spiro atoms. The van der Waals surface area contributed by atoms with E-state index in [0.29, 0.717) is 12.8 Å². The number of rotatable bonds is 4. The number of hydrogen-bond acceptors (Lipinski definition) is 3. The lowest BCUT2D eigenvalue weighted by molar-refractivity contribution is -0.117. The van der Waals surface area contributed by atoms with E-state index in [0.717, 1.165) is 22.4 Å². The number of Topliss-reactive ketones (excluding diaryl/α,β-unsaturated/α-hetero) is 1. The van der Waals surface area contributed by atoms with Crippen LogP contribution in [0, 0.1) is 6.92 Å². The summed E-state index contributed by atoms with van der Waals surface area (Å²) in [6, 6.07) is 5.86. The van der Waals surface area contributed by atoms with Crippen LogP contribution in [0.3, 0.4) is 0 Å². The van der Waals surface area contributed by atoms with E-state index >= 15 is 0 Å². The van der Waals surface area contributed by atoms with E-state index in [2.05, 4.69) is 9.97 Å². The molecule has 0 radical (unpaired) electrons. The van der Waals surface area contributed by atoms with Gasteiger partial charge in [0.05, 0.1) is 11.0 Å². The van der Waals surface area contributed by atoms with Crippen molar-refractivity contribution in [3.8, 4) is 0 Å². The molecule has 1 aromatic carbocycles. The van der Waals surface area contributed by atoms with E-state index < -0.39 is 0 Å². The molecule has 0 bridgehead atoms. The van der Waals surface area contributed by atoms with Gasteiger partial charge in [0.2, 0.25) is 0 Å². The van der Waals surface area contributed by atoms with E-state index in [-0.39, 0.29) is 11.8 Å². The van der Waals surface area contributed by atoms with Gasteiger partial charge in [0.15, 0.2) is 0 Å². The Hall–Kier alpha value is -1.68. The number of carbonyl (C=O) groups excluding carboxylic acids is 1. The maximum atomic E-state index is 10.9. The van der Waals surface area contributed by atoms with E-state index in [1.54, 1.807) is 6.92 Å². The second-order valence-corrected chi connectivity index (χ2v) is 4.45. The van der Waals surface area contributed by atoms with Gasteiger partial charge in [0, 0.05) is 12.5 Å². The topological polar surface area (TPSA) is 71.8 Å². The number of imidazole rings is 1. The molecule has 1 aromatic heterocycles. The maximum absolute atomic E-state index is 10.9. The molecule has 4 heteroatoms. The second-order valence-electron chi connectivity index (χ2n) is 4.45. The van der Waals surface area contributed by atoms with Crippen LogP contribution in [0.15, 0.2) is 18.2 Å². The van der Waals surface area contributed by atoms with Crippen molar-refractivity contribution >= 4 is 16.8 Å². The summed E-state index contributed by atoms with van der Waals surface area (Å²) in [5, 5.41) is 0. The van der Waals surface area contributed by atoms with Crippen LogP contribution < -0.4 is 5.73 Å². The highest BCUT2D eigenvalue weighted by atomic mass is 16.1. The highest BCUT2D eigenvalue weighted by Gasteiger charge is 2.09. The molecular weight excluding hydrogens is 214 g/mol. The number of aryl methyl sites for hydroxylation is 1. The highest BCUT2D eigenvalue weighted by Crippen LogP contribution is 2.20. The van der Waals surface area contributed by atoms with Crippen LogP contribution in [-0.4, -0.2) is 15.8 Å². The largest absolute Gasteiger partial charge is 0.342 e. The van der Waals surface area contributed by atoms with Crippen LogP contribution >= 0.6 is 0 Å². The van der Waals surface area contributed by atoms with Crippen molar-refractivity contribution in [1.29, 1.82) is 0 Å². The average molecular weight is 231 g/mol. The predicted molar refractivity (Wildman–Crippen MR) is 67.7 cm³/mol. The number of aromatic amines is 1. The van der Waals surface area contributed by atoms with Crippen molar-refractivity contribution in [1.82, 2.24) is 9.97 Å². The molecule has 1 heterocycles. The molecule has 3 N–H and O–H groups in total. The molecule has 0 amide bonds. The molecule has 0 saturated carbocycles. The summed E-state index contributed by atoms with van der Waals surface area (Å²) in [4.78, 5) is 18.4. The number of aromatic nitrogens is 2. The van der Waals surface area contributed by atoms with E-state index in [9.17, 15) is 4.79 Å². The normalized spacial score (nSPS) is 12.9. The van der Waals surface area contributed by atoms with Crippen LogP contribution in [0.2, 0.25) is 0 Å². The first-order valence-corrected chi connectivity index (χ1v) is 5.77.